The van der Waals surface area contributed by atoms with Crippen LogP contribution < -0.4 is 11.1 Å². The van der Waals surface area contributed by atoms with Gasteiger partial charge in [0.1, 0.15) is 0 Å². The fraction of sp³-hybridized carbons (Fsp3) is 0.308. The predicted molar refractivity (Wildman–Crippen MR) is 69.3 cm³/mol. The first kappa shape index (κ1) is 13.1. The van der Waals surface area contributed by atoms with Gasteiger partial charge in [0, 0.05) is 20.0 Å². The second-order valence-electron chi connectivity index (χ2n) is 4.52. The lowest BCUT2D eigenvalue weighted by Gasteiger charge is -2.37. The Bertz CT molecular complexity index is 536. The van der Waals surface area contributed by atoms with Gasteiger partial charge >= 0.3 is 0 Å². The number of nitrogens with zero attached hydrogens (tertiary/aromatic N) is 1. The van der Waals surface area contributed by atoms with Gasteiger partial charge in [0.05, 0.1) is 17.2 Å². The normalized spacial score (nSPS) is 14.7. The van der Waals surface area contributed by atoms with E-state index in [0.29, 0.717) is 18.8 Å². The first-order valence-corrected chi connectivity index (χ1v) is 5.94. The van der Waals surface area contributed by atoms with Crippen molar-refractivity contribution >= 4 is 23.4 Å². The molecule has 0 radical (unpaired) electrons. The summed E-state index contributed by atoms with van der Waals surface area (Å²) in [6.07, 6.45) is 0. The molecule has 0 aliphatic carbocycles. The Morgan fingerprint density at radius 1 is 1.26 bits per heavy atom. The molecule has 1 heterocycles. The van der Waals surface area contributed by atoms with Crippen LogP contribution in [0.4, 0.5) is 5.69 Å². The summed E-state index contributed by atoms with van der Waals surface area (Å²) in [6, 6.07) is 6.57. The fourth-order valence-corrected chi connectivity index (χ4v) is 1.94. The number of hydrogen-bond acceptors (Lipinski definition) is 3. The highest BCUT2D eigenvalue weighted by Gasteiger charge is 2.34. The van der Waals surface area contributed by atoms with E-state index in [0.717, 1.165) is 0 Å². The molecule has 1 saturated heterocycles. The van der Waals surface area contributed by atoms with E-state index in [1.807, 2.05) is 0 Å². The van der Waals surface area contributed by atoms with Crippen LogP contribution in [0, 0.1) is 5.92 Å². The Hall–Kier alpha value is -2.37. The third-order valence-corrected chi connectivity index (χ3v) is 3.15. The molecule has 6 heteroatoms. The highest BCUT2D eigenvalue weighted by molar-refractivity contribution is 6.03. The van der Waals surface area contributed by atoms with Gasteiger partial charge in [0.25, 0.3) is 5.91 Å². The monoisotopic (exact) mass is 261 g/mol. The lowest BCUT2D eigenvalue weighted by atomic mass is 9.99. The number of benzene rings is 1. The largest absolute Gasteiger partial charge is 0.366 e. The van der Waals surface area contributed by atoms with Gasteiger partial charge in [-0.25, -0.2) is 0 Å². The van der Waals surface area contributed by atoms with Crippen molar-refractivity contribution in [1.29, 1.82) is 0 Å². The molecule has 0 unspecified atom stereocenters. The van der Waals surface area contributed by atoms with E-state index in [1.165, 1.54) is 6.92 Å². The Morgan fingerprint density at radius 2 is 1.89 bits per heavy atom. The number of likely N-dealkylation sites (tertiary alicyclic amines) is 1. The third-order valence-electron chi connectivity index (χ3n) is 3.15. The van der Waals surface area contributed by atoms with E-state index < -0.39 is 5.91 Å². The molecule has 3 amide bonds. The Kier molecular flexibility index (Phi) is 3.50. The third kappa shape index (κ3) is 2.73. The van der Waals surface area contributed by atoms with Crippen LogP contribution in [0.25, 0.3) is 0 Å². The molecule has 1 aromatic rings. The van der Waals surface area contributed by atoms with E-state index in [2.05, 4.69) is 5.32 Å². The van der Waals surface area contributed by atoms with Crippen LogP contribution in [0.3, 0.4) is 0 Å². The number of primary amides is 1. The molecule has 3 N–H and O–H groups in total. The molecular formula is C13H15N3O3. The summed E-state index contributed by atoms with van der Waals surface area (Å²) in [6.45, 7) is 2.30. The zero-order chi connectivity index (χ0) is 14.0. The van der Waals surface area contributed by atoms with Crippen molar-refractivity contribution in [2.75, 3.05) is 18.4 Å². The van der Waals surface area contributed by atoms with E-state index in [4.69, 9.17) is 5.73 Å². The van der Waals surface area contributed by atoms with Crippen molar-refractivity contribution in [3.8, 4) is 0 Å². The maximum absolute atomic E-state index is 11.9. The second-order valence-corrected chi connectivity index (χ2v) is 4.52. The van der Waals surface area contributed by atoms with Gasteiger partial charge in [-0.3, -0.25) is 14.4 Å². The van der Waals surface area contributed by atoms with Gasteiger partial charge < -0.3 is 16.0 Å². The van der Waals surface area contributed by atoms with Gasteiger partial charge in [-0.2, -0.15) is 0 Å². The summed E-state index contributed by atoms with van der Waals surface area (Å²) >= 11 is 0. The number of amides is 3. The van der Waals surface area contributed by atoms with E-state index >= 15 is 0 Å². The van der Waals surface area contributed by atoms with Crippen LogP contribution >= 0.6 is 0 Å². The predicted octanol–water partition coefficient (Wildman–Crippen LogP) is 0.202. The molecule has 2 rings (SSSR count). The summed E-state index contributed by atoms with van der Waals surface area (Å²) in [5.74, 6) is -1.06. The number of nitrogens with two attached hydrogens (primary N) is 1. The average Bonchev–Trinajstić information content (AvgIpc) is 2.26. The van der Waals surface area contributed by atoms with E-state index in [9.17, 15) is 14.4 Å². The molecule has 1 aromatic carbocycles. The fourth-order valence-electron chi connectivity index (χ4n) is 1.94. The molecule has 100 valence electrons. The summed E-state index contributed by atoms with van der Waals surface area (Å²) < 4.78 is 0. The van der Waals surface area contributed by atoms with Gasteiger partial charge in [-0.1, -0.05) is 12.1 Å². The molecule has 0 saturated carbocycles. The minimum absolute atomic E-state index is 0.0402. The van der Waals surface area contributed by atoms with Gasteiger partial charge in [0.2, 0.25) is 11.8 Å². The van der Waals surface area contributed by atoms with Crippen LogP contribution in [-0.4, -0.2) is 35.7 Å². The lowest BCUT2D eigenvalue weighted by molar-refractivity contribution is -0.139. The minimum atomic E-state index is -0.588. The summed E-state index contributed by atoms with van der Waals surface area (Å²) in [5.41, 5.74) is 5.91. The zero-order valence-corrected chi connectivity index (χ0v) is 10.6. The number of hydrogen-bond donors (Lipinski definition) is 2. The minimum Gasteiger partial charge on any atom is -0.366 e. The summed E-state index contributed by atoms with van der Waals surface area (Å²) in [4.78, 5) is 35.8. The molecule has 0 bridgehead atoms. The quantitative estimate of drug-likeness (QED) is 0.814. The molecule has 19 heavy (non-hydrogen) atoms. The van der Waals surface area contributed by atoms with Crippen LogP contribution in [0.2, 0.25) is 0 Å². The average molecular weight is 261 g/mol. The smallest absolute Gasteiger partial charge is 0.250 e. The number of carbonyl (C=O) groups is 3. The van der Waals surface area contributed by atoms with Crippen molar-refractivity contribution in [3.63, 3.8) is 0 Å². The highest BCUT2D eigenvalue weighted by atomic mass is 16.2. The second kappa shape index (κ2) is 5.09. The van der Waals surface area contributed by atoms with Crippen LogP contribution in [0.1, 0.15) is 17.3 Å². The maximum Gasteiger partial charge on any atom is 0.250 e. The molecule has 1 fully saturated rings. The number of nitrogens with one attached hydrogen (secondary N) is 1. The number of para-hydroxylation sites is 1. The number of rotatable bonds is 3. The van der Waals surface area contributed by atoms with Crippen LogP contribution in [0.5, 0.6) is 0 Å². The Balaban J connectivity index is 2.01. The number of anilines is 1. The highest BCUT2D eigenvalue weighted by Crippen LogP contribution is 2.20. The first-order valence-electron chi connectivity index (χ1n) is 5.94. The first-order chi connectivity index (χ1) is 8.99. The van der Waals surface area contributed by atoms with Crippen molar-refractivity contribution in [2.24, 2.45) is 11.7 Å². The van der Waals surface area contributed by atoms with Crippen molar-refractivity contribution < 1.29 is 14.4 Å². The maximum atomic E-state index is 11.9. The zero-order valence-electron chi connectivity index (χ0n) is 10.6. The van der Waals surface area contributed by atoms with Crippen LogP contribution in [-0.2, 0) is 9.59 Å². The van der Waals surface area contributed by atoms with Gasteiger partial charge in [-0.15, -0.1) is 0 Å². The van der Waals surface area contributed by atoms with Gasteiger partial charge in [-0.05, 0) is 12.1 Å². The number of carbonyl (C=O) groups excluding carboxylic acids is 3. The van der Waals surface area contributed by atoms with Crippen LogP contribution in [0.15, 0.2) is 24.3 Å². The Labute approximate surface area is 110 Å². The standard InChI is InChI=1S/C13H15N3O3/c1-8(17)16-6-9(7-16)13(19)15-11-5-3-2-4-10(11)12(14)18/h2-5,9H,6-7H2,1H3,(H2,14,18)(H,15,19). The molecule has 1 aliphatic rings. The Morgan fingerprint density at radius 3 is 2.47 bits per heavy atom. The molecule has 0 spiro atoms. The van der Waals surface area contributed by atoms with Crippen molar-refractivity contribution in [3.05, 3.63) is 29.8 Å². The van der Waals surface area contributed by atoms with E-state index in [-0.39, 0.29) is 23.3 Å². The molecule has 1 aliphatic heterocycles. The van der Waals surface area contributed by atoms with Crippen molar-refractivity contribution in [1.82, 2.24) is 4.90 Å². The molecular weight excluding hydrogens is 246 g/mol. The van der Waals surface area contributed by atoms with E-state index in [1.54, 1.807) is 29.2 Å². The summed E-state index contributed by atoms with van der Waals surface area (Å²) in [5, 5.41) is 2.68. The van der Waals surface area contributed by atoms with Crippen molar-refractivity contribution in [2.45, 2.75) is 6.92 Å². The van der Waals surface area contributed by atoms with Gasteiger partial charge in [0.15, 0.2) is 0 Å². The SMILES string of the molecule is CC(=O)N1CC(C(=O)Nc2ccccc2C(N)=O)C1. The molecule has 6 nitrogen and oxygen atoms in total. The topological polar surface area (TPSA) is 92.5 Å². The summed E-state index contributed by atoms with van der Waals surface area (Å²) in [7, 11) is 0. The lowest BCUT2D eigenvalue weighted by Crippen LogP contribution is -2.53. The molecule has 0 aromatic heterocycles. The molecule has 0 atom stereocenters.